The van der Waals surface area contributed by atoms with Gasteiger partial charge in [0.05, 0.1) is 17.9 Å². The Hall–Kier alpha value is -3.20. The van der Waals surface area contributed by atoms with E-state index in [0.29, 0.717) is 34.9 Å². The maximum absolute atomic E-state index is 12.6. The maximum atomic E-state index is 12.6. The normalized spacial score (nSPS) is 10.8. The van der Waals surface area contributed by atoms with Crippen LogP contribution in [0.3, 0.4) is 0 Å². The van der Waals surface area contributed by atoms with Crippen LogP contribution in [0.25, 0.3) is 5.65 Å². The molecule has 3 aromatic rings. The molecule has 3 heterocycles. The number of aromatic nitrogens is 2. The first kappa shape index (κ1) is 22.5. The van der Waals surface area contributed by atoms with Crippen LogP contribution in [0.4, 0.5) is 5.00 Å². The second-order valence-corrected chi connectivity index (χ2v) is 8.41. The fourth-order valence-electron chi connectivity index (χ4n) is 3.28. The van der Waals surface area contributed by atoms with Crippen LogP contribution < -0.4 is 10.6 Å². The molecule has 0 spiro atoms. The van der Waals surface area contributed by atoms with Gasteiger partial charge in [0.2, 0.25) is 5.91 Å². The van der Waals surface area contributed by atoms with Gasteiger partial charge in [-0.2, -0.15) is 0 Å². The molecule has 0 aromatic carbocycles. The highest BCUT2D eigenvalue weighted by atomic mass is 32.1. The number of hydrogen-bond acceptors (Lipinski definition) is 6. The van der Waals surface area contributed by atoms with E-state index in [1.165, 1.54) is 11.3 Å². The summed E-state index contributed by atoms with van der Waals surface area (Å²) in [6.45, 7) is 7.97. The molecule has 0 saturated carbocycles. The van der Waals surface area contributed by atoms with Gasteiger partial charge in [0.1, 0.15) is 16.3 Å². The van der Waals surface area contributed by atoms with Crippen LogP contribution in [0.1, 0.15) is 56.7 Å². The van der Waals surface area contributed by atoms with E-state index < -0.39 is 5.97 Å². The largest absolute Gasteiger partial charge is 0.462 e. The molecule has 0 atom stereocenters. The molecule has 31 heavy (non-hydrogen) atoms. The summed E-state index contributed by atoms with van der Waals surface area (Å²) in [5.74, 6) is -0.897. The summed E-state index contributed by atoms with van der Waals surface area (Å²) in [5.41, 5.74) is 3.27. The van der Waals surface area contributed by atoms with Crippen LogP contribution >= 0.6 is 11.3 Å². The Kier molecular flexibility index (Phi) is 7.06. The second-order valence-electron chi connectivity index (χ2n) is 7.16. The monoisotopic (exact) mass is 442 g/mol. The number of nitrogens with zero attached hydrogens (tertiary/aromatic N) is 2. The van der Waals surface area contributed by atoms with Crippen molar-refractivity contribution >= 4 is 39.8 Å². The summed E-state index contributed by atoms with van der Waals surface area (Å²) >= 11 is 1.33. The van der Waals surface area contributed by atoms with E-state index >= 15 is 0 Å². The Morgan fingerprint density at radius 3 is 2.74 bits per heavy atom. The number of nitrogens with one attached hydrogen (secondary N) is 2. The number of anilines is 1. The van der Waals surface area contributed by atoms with Crippen LogP contribution in [-0.4, -0.2) is 40.3 Å². The zero-order valence-electron chi connectivity index (χ0n) is 18.1. The lowest BCUT2D eigenvalue weighted by molar-refractivity contribution is -0.116. The van der Waals surface area contributed by atoms with E-state index in [9.17, 15) is 14.4 Å². The Bertz CT molecular complexity index is 1130. The molecule has 0 aliphatic heterocycles. The highest BCUT2D eigenvalue weighted by molar-refractivity contribution is 7.16. The molecule has 0 aliphatic rings. The molecule has 2 amide bonds. The van der Waals surface area contributed by atoms with E-state index in [-0.39, 0.29) is 24.8 Å². The SMILES string of the molecule is CCOC(=O)c1cc(C)sc1NC(=O)CCCNC(=O)c1c(C)nc2c(C)cccn12. The smallest absolute Gasteiger partial charge is 0.341 e. The number of carbonyl (C=O) groups is 3. The molecule has 0 bridgehead atoms. The van der Waals surface area contributed by atoms with Gasteiger partial charge in [0.15, 0.2) is 0 Å². The van der Waals surface area contributed by atoms with Gasteiger partial charge in [0.25, 0.3) is 5.91 Å². The average Bonchev–Trinajstić information content (AvgIpc) is 3.25. The third kappa shape index (κ3) is 5.11. The number of thiophene rings is 1. The second kappa shape index (κ2) is 9.74. The van der Waals surface area contributed by atoms with E-state index in [1.807, 2.05) is 32.2 Å². The molecular formula is C22H26N4O4S. The lowest BCUT2D eigenvalue weighted by Crippen LogP contribution is -2.27. The highest BCUT2D eigenvalue weighted by Crippen LogP contribution is 2.28. The number of pyridine rings is 1. The fraction of sp³-hybridized carbons (Fsp3) is 0.364. The first-order valence-electron chi connectivity index (χ1n) is 10.1. The molecular weight excluding hydrogens is 416 g/mol. The molecule has 164 valence electrons. The van der Waals surface area contributed by atoms with Crippen molar-refractivity contribution in [3.63, 3.8) is 0 Å². The topological polar surface area (TPSA) is 102 Å². The van der Waals surface area contributed by atoms with E-state index in [1.54, 1.807) is 24.3 Å². The van der Waals surface area contributed by atoms with Crippen molar-refractivity contribution < 1.29 is 19.1 Å². The van der Waals surface area contributed by atoms with Gasteiger partial charge in [-0.1, -0.05) is 6.07 Å². The number of imidazole rings is 1. The van der Waals surface area contributed by atoms with Crippen LogP contribution in [-0.2, 0) is 9.53 Å². The summed E-state index contributed by atoms with van der Waals surface area (Å²) in [6.07, 6.45) is 2.49. The Balaban J connectivity index is 1.53. The molecule has 3 aromatic heterocycles. The lowest BCUT2D eigenvalue weighted by Gasteiger charge is -2.08. The predicted octanol–water partition coefficient (Wildman–Crippen LogP) is 3.65. The van der Waals surface area contributed by atoms with Gasteiger partial charge < -0.3 is 15.4 Å². The lowest BCUT2D eigenvalue weighted by atomic mass is 10.2. The number of fused-ring (bicyclic) bond motifs is 1. The average molecular weight is 443 g/mol. The van der Waals surface area contributed by atoms with Gasteiger partial charge in [-0.15, -0.1) is 11.3 Å². The third-order valence-corrected chi connectivity index (χ3v) is 5.67. The molecule has 0 fully saturated rings. The zero-order chi connectivity index (χ0) is 22.5. The first-order valence-corrected chi connectivity index (χ1v) is 10.9. The van der Waals surface area contributed by atoms with Gasteiger partial charge in [-0.25, -0.2) is 9.78 Å². The highest BCUT2D eigenvalue weighted by Gasteiger charge is 2.19. The number of amides is 2. The number of rotatable bonds is 8. The van der Waals surface area contributed by atoms with Crippen LogP contribution in [0.15, 0.2) is 24.4 Å². The van der Waals surface area contributed by atoms with Crippen molar-refractivity contribution in [3.8, 4) is 0 Å². The van der Waals surface area contributed by atoms with Crippen LogP contribution in [0, 0.1) is 20.8 Å². The molecule has 0 unspecified atom stereocenters. The summed E-state index contributed by atoms with van der Waals surface area (Å²) in [4.78, 5) is 42.4. The van der Waals surface area contributed by atoms with E-state index in [2.05, 4.69) is 15.6 Å². The molecule has 2 N–H and O–H groups in total. The molecule has 9 heteroatoms. The molecule has 0 saturated heterocycles. The van der Waals surface area contributed by atoms with Gasteiger partial charge in [0, 0.05) is 24.0 Å². The quantitative estimate of drug-likeness (QED) is 0.410. The van der Waals surface area contributed by atoms with Crippen molar-refractivity contribution in [3.05, 3.63) is 51.8 Å². The molecule has 0 aliphatic carbocycles. The number of ether oxygens (including phenoxy) is 1. The standard InChI is InChI=1S/C22H26N4O4S/c1-5-30-22(29)16-12-14(3)31-21(16)25-17(27)9-6-10-23-20(28)18-15(4)24-19-13(2)8-7-11-26(18)19/h7-8,11-12H,5-6,9-10H2,1-4H3,(H,23,28)(H,25,27). The molecule has 8 nitrogen and oxygen atoms in total. The number of carbonyl (C=O) groups excluding carboxylic acids is 3. The first-order chi connectivity index (χ1) is 14.8. The number of aryl methyl sites for hydroxylation is 3. The summed E-state index contributed by atoms with van der Waals surface area (Å²) < 4.78 is 6.81. The van der Waals surface area contributed by atoms with Gasteiger partial charge >= 0.3 is 5.97 Å². The third-order valence-electron chi connectivity index (χ3n) is 4.70. The Morgan fingerprint density at radius 2 is 2.00 bits per heavy atom. The molecule has 0 radical (unpaired) electrons. The van der Waals surface area contributed by atoms with E-state index in [0.717, 1.165) is 16.1 Å². The van der Waals surface area contributed by atoms with Crippen molar-refractivity contribution in [2.24, 2.45) is 0 Å². The van der Waals surface area contributed by atoms with E-state index in [4.69, 9.17) is 4.74 Å². The summed E-state index contributed by atoms with van der Waals surface area (Å²) in [6, 6.07) is 5.53. The van der Waals surface area contributed by atoms with Crippen molar-refractivity contribution in [2.45, 2.75) is 40.5 Å². The Morgan fingerprint density at radius 1 is 1.23 bits per heavy atom. The predicted molar refractivity (Wildman–Crippen MR) is 120 cm³/mol. The van der Waals surface area contributed by atoms with Crippen molar-refractivity contribution in [1.29, 1.82) is 0 Å². The van der Waals surface area contributed by atoms with Crippen molar-refractivity contribution in [2.75, 3.05) is 18.5 Å². The fourth-order valence-corrected chi connectivity index (χ4v) is 4.20. The Labute approximate surface area is 184 Å². The minimum Gasteiger partial charge on any atom is -0.462 e. The minimum absolute atomic E-state index is 0.213. The van der Waals surface area contributed by atoms with Gasteiger partial charge in [-0.3, -0.25) is 14.0 Å². The number of hydrogen-bond donors (Lipinski definition) is 2. The van der Waals surface area contributed by atoms with Crippen molar-refractivity contribution in [1.82, 2.24) is 14.7 Å². The van der Waals surface area contributed by atoms with Crippen LogP contribution in [0.2, 0.25) is 0 Å². The minimum atomic E-state index is -0.451. The summed E-state index contributed by atoms with van der Waals surface area (Å²) in [7, 11) is 0. The van der Waals surface area contributed by atoms with Gasteiger partial charge in [-0.05, 0) is 51.8 Å². The van der Waals surface area contributed by atoms with Crippen LogP contribution in [0.5, 0.6) is 0 Å². The summed E-state index contributed by atoms with van der Waals surface area (Å²) in [5, 5.41) is 6.12. The number of esters is 1. The zero-order valence-corrected chi connectivity index (χ0v) is 18.9. The maximum Gasteiger partial charge on any atom is 0.341 e. The molecule has 3 rings (SSSR count).